The van der Waals surface area contributed by atoms with Gasteiger partial charge in [0.25, 0.3) is 0 Å². The molecule has 2 aromatic rings. The third-order valence-corrected chi connectivity index (χ3v) is 2.54. The van der Waals surface area contributed by atoms with Crippen LogP contribution in [0.5, 0.6) is 0 Å². The first-order valence-electron chi connectivity index (χ1n) is 5.80. The Hall–Kier alpha value is -1.95. The van der Waals surface area contributed by atoms with Crippen molar-refractivity contribution in [1.29, 1.82) is 0 Å². The minimum absolute atomic E-state index is 0.193. The molecule has 0 aliphatic rings. The van der Waals surface area contributed by atoms with E-state index in [0.29, 0.717) is 5.56 Å². The molecule has 1 heterocycles. The number of fused-ring (bicyclic) bond motifs is 1. The van der Waals surface area contributed by atoms with Gasteiger partial charge in [0, 0.05) is 6.04 Å². The highest BCUT2D eigenvalue weighted by Crippen LogP contribution is 2.17. The molecule has 0 spiro atoms. The Kier molecular flexibility index (Phi) is 3.57. The van der Waals surface area contributed by atoms with Crippen LogP contribution in [0.1, 0.15) is 30.2 Å². The Morgan fingerprint density at radius 1 is 1.50 bits per heavy atom. The zero-order chi connectivity index (χ0) is 13.1. The summed E-state index contributed by atoms with van der Waals surface area (Å²) in [5, 5.41) is 10.9. The fourth-order valence-electron chi connectivity index (χ4n) is 1.67. The second kappa shape index (κ2) is 5.14. The quantitative estimate of drug-likeness (QED) is 0.653. The highest BCUT2D eigenvalue weighted by Gasteiger charge is 2.12. The Balaban J connectivity index is 2.36. The summed E-state index contributed by atoms with van der Waals surface area (Å²) in [5.41, 5.74) is 2.11. The van der Waals surface area contributed by atoms with Gasteiger partial charge in [-0.1, -0.05) is 5.21 Å². The second-order valence-electron chi connectivity index (χ2n) is 4.26. The Labute approximate surface area is 105 Å². The lowest BCUT2D eigenvalue weighted by molar-refractivity contribution is 0.0482. The smallest absolute Gasteiger partial charge is 0.339 e. The lowest BCUT2D eigenvalue weighted by Crippen LogP contribution is -2.16. The molecular weight excluding hydrogens is 232 g/mol. The standard InChI is InChI=1S/C12H16N4O2/c1-8(2)16-11-6-9(12(17)18-7-13-3)4-5-10(11)14-15-16/h4-6,8,13H,7H2,1-3H3. The van der Waals surface area contributed by atoms with Gasteiger partial charge in [-0.05, 0) is 39.1 Å². The average Bonchev–Trinajstić information content (AvgIpc) is 2.78. The molecule has 1 aromatic carbocycles. The molecule has 0 aliphatic heterocycles. The van der Waals surface area contributed by atoms with Crippen LogP contribution >= 0.6 is 0 Å². The van der Waals surface area contributed by atoms with Gasteiger partial charge < -0.3 is 4.74 Å². The Bertz CT molecular complexity index is 562. The van der Waals surface area contributed by atoms with E-state index in [9.17, 15) is 4.79 Å². The molecule has 0 amide bonds. The number of hydrogen-bond acceptors (Lipinski definition) is 5. The number of aromatic nitrogens is 3. The van der Waals surface area contributed by atoms with Crippen molar-refractivity contribution in [3.8, 4) is 0 Å². The molecule has 0 saturated carbocycles. The van der Waals surface area contributed by atoms with Crippen molar-refractivity contribution in [2.45, 2.75) is 19.9 Å². The average molecular weight is 248 g/mol. The van der Waals surface area contributed by atoms with Crippen LogP contribution in [0.25, 0.3) is 11.0 Å². The number of rotatable bonds is 4. The van der Waals surface area contributed by atoms with E-state index in [1.807, 2.05) is 13.8 Å². The largest absolute Gasteiger partial charge is 0.446 e. The zero-order valence-electron chi connectivity index (χ0n) is 10.7. The van der Waals surface area contributed by atoms with E-state index in [1.54, 1.807) is 29.9 Å². The second-order valence-corrected chi connectivity index (χ2v) is 4.26. The summed E-state index contributed by atoms with van der Waals surface area (Å²) >= 11 is 0. The van der Waals surface area contributed by atoms with Crippen molar-refractivity contribution in [3.05, 3.63) is 23.8 Å². The number of benzene rings is 1. The molecule has 18 heavy (non-hydrogen) atoms. The van der Waals surface area contributed by atoms with Gasteiger partial charge >= 0.3 is 5.97 Å². The first-order chi connectivity index (χ1) is 8.63. The molecule has 1 aromatic heterocycles. The maximum Gasteiger partial charge on any atom is 0.339 e. The van der Waals surface area contributed by atoms with E-state index in [4.69, 9.17) is 4.74 Å². The maximum absolute atomic E-state index is 11.7. The van der Waals surface area contributed by atoms with Gasteiger partial charge in [-0.2, -0.15) is 0 Å². The Morgan fingerprint density at radius 3 is 2.94 bits per heavy atom. The van der Waals surface area contributed by atoms with Gasteiger partial charge in [-0.15, -0.1) is 5.10 Å². The van der Waals surface area contributed by atoms with Crippen molar-refractivity contribution in [2.75, 3.05) is 13.8 Å². The van der Waals surface area contributed by atoms with Crippen LogP contribution in [0.4, 0.5) is 0 Å². The van der Waals surface area contributed by atoms with Gasteiger partial charge in [-0.25, -0.2) is 9.48 Å². The van der Waals surface area contributed by atoms with E-state index >= 15 is 0 Å². The molecule has 1 N–H and O–H groups in total. The predicted octanol–water partition coefficient (Wildman–Crippen LogP) is 1.35. The Morgan fingerprint density at radius 2 is 2.28 bits per heavy atom. The fourth-order valence-corrected chi connectivity index (χ4v) is 1.67. The highest BCUT2D eigenvalue weighted by atomic mass is 16.5. The molecular formula is C12H16N4O2. The first-order valence-corrected chi connectivity index (χ1v) is 5.80. The van der Waals surface area contributed by atoms with Crippen LogP contribution < -0.4 is 5.32 Å². The van der Waals surface area contributed by atoms with E-state index in [2.05, 4.69) is 15.6 Å². The maximum atomic E-state index is 11.7. The molecule has 0 aliphatic carbocycles. The summed E-state index contributed by atoms with van der Waals surface area (Å²) in [6.45, 7) is 4.22. The van der Waals surface area contributed by atoms with Crippen LogP contribution in [-0.4, -0.2) is 34.7 Å². The first kappa shape index (κ1) is 12.5. The van der Waals surface area contributed by atoms with Gasteiger partial charge in [0.05, 0.1) is 11.1 Å². The number of esters is 1. The number of ether oxygens (including phenoxy) is 1. The summed E-state index contributed by atoms with van der Waals surface area (Å²) in [5.74, 6) is -0.359. The van der Waals surface area contributed by atoms with Crippen molar-refractivity contribution < 1.29 is 9.53 Å². The fraction of sp³-hybridized carbons (Fsp3) is 0.417. The van der Waals surface area contributed by atoms with Gasteiger partial charge in [0.2, 0.25) is 0 Å². The number of nitrogens with one attached hydrogen (secondary N) is 1. The summed E-state index contributed by atoms with van der Waals surface area (Å²) in [6, 6.07) is 5.42. The number of carbonyl (C=O) groups excluding carboxylic acids is 1. The molecule has 0 bridgehead atoms. The summed E-state index contributed by atoms with van der Waals surface area (Å²) in [4.78, 5) is 11.7. The van der Waals surface area contributed by atoms with Crippen LogP contribution in [-0.2, 0) is 4.74 Å². The molecule has 0 unspecified atom stereocenters. The molecule has 6 heteroatoms. The number of carbonyl (C=O) groups is 1. The third-order valence-electron chi connectivity index (χ3n) is 2.54. The molecule has 0 atom stereocenters. The van der Waals surface area contributed by atoms with Gasteiger partial charge in [0.15, 0.2) is 0 Å². The number of nitrogens with zero attached hydrogens (tertiary/aromatic N) is 3. The highest BCUT2D eigenvalue weighted by molar-refractivity contribution is 5.93. The van der Waals surface area contributed by atoms with Crippen molar-refractivity contribution in [1.82, 2.24) is 20.3 Å². The van der Waals surface area contributed by atoms with E-state index in [1.165, 1.54) is 0 Å². The minimum atomic E-state index is -0.359. The molecule has 6 nitrogen and oxygen atoms in total. The third kappa shape index (κ3) is 2.33. The van der Waals surface area contributed by atoms with Crippen LogP contribution in [0.2, 0.25) is 0 Å². The number of hydrogen-bond donors (Lipinski definition) is 1. The lowest BCUT2D eigenvalue weighted by Gasteiger charge is -2.07. The van der Waals surface area contributed by atoms with Gasteiger partial charge in [0.1, 0.15) is 12.2 Å². The predicted molar refractivity (Wildman–Crippen MR) is 67.3 cm³/mol. The molecule has 0 radical (unpaired) electrons. The topological polar surface area (TPSA) is 69.0 Å². The van der Waals surface area contributed by atoms with E-state index < -0.39 is 0 Å². The zero-order valence-corrected chi connectivity index (χ0v) is 10.7. The van der Waals surface area contributed by atoms with E-state index in [0.717, 1.165) is 11.0 Å². The van der Waals surface area contributed by atoms with Crippen LogP contribution in [0.3, 0.4) is 0 Å². The summed E-state index contributed by atoms with van der Waals surface area (Å²) in [7, 11) is 1.72. The normalized spacial score (nSPS) is 11.1. The van der Waals surface area contributed by atoms with E-state index in [-0.39, 0.29) is 18.7 Å². The molecule has 96 valence electrons. The van der Waals surface area contributed by atoms with Crippen molar-refractivity contribution in [3.63, 3.8) is 0 Å². The monoisotopic (exact) mass is 248 g/mol. The van der Waals surface area contributed by atoms with Gasteiger partial charge in [-0.3, -0.25) is 5.32 Å². The SMILES string of the molecule is CNCOC(=O)c1ccc2nnn(C(C)C)c2c1. The van der Waals surface area contributed by atoms with Crippen LogP contribution in [0.15, 0.2) is 18.2 Å². The molecule has 2 rings (SSSR count). The molecule has 0 fully saturated rings. The lowest BCUT2D eigenvalue weighted by atomic mass is 10.2. The minimum Gasteiger partial charge on any atom is -0.446 e. The van der Waals surface area contributed by atoms with Crippen LogP contribution in [0, 0.1) is 0 Å². The van der Waals surface area contributed by atoms with Crippen molar-refractivity contribution in [2.24, 2.45) is 0 Å². The molecule has 0 saturated heterocycles. The summed E-state index contributed by atoms with van der Waals surface area (Å²) in [6.07, 6.45) is 0. The summed E-state index contributed by atoms with van der Waals surface area (Å²) < 4.78 is 6.78. The van der Waals surface area contributed by atoms with Crippen molar-refractivity contribution >= 4 is 17.0 Å².